The van der Waals surface area contributed by atoms with Crippen LogP contribution in [-0.4, -0.2) is 6.36 Å². The van der Waals surface area contributed by atoms with E-state index in [1.165, 1.54) is 0 Å². The molecule has 0 atom stereocenters. The molecule has 1 aromatic rings. The highest BCUT2D eigenvalue weighted by Crippen LogP contribution is 2.24. The van der Waals surface area contributed by atoms with E-state index in [2.05, 4.69) is 4.74 Å². The van der Waals surface area contributed by atoms with Crippen LogP contribution in [-0.2, 0) is 6.67 Å². The van der Waals surface area contributed by atoms with Gasteiger partial charge in [0.05, 0.1) is 0 Å². The summed E-state index contributed by atoms with van der Waals surface area (Å²) in [6.45, 7) is -1.07. The number of hydrogen-bond donors (Lipinski definition) is 0. The molecule has 14 heavy (non-hydrogen) atoms. The third kappa shape index (κ3) is 2.86. The molecular weight excluding hydrogens is 207 g/mol. The minimum Gasteiger partial charge on any atom is -0.406 e. The molecular formula is C8H5F5O. The summed E-state index contributed by atoms with van der Waals surface area (Å²) >= 11 is 0. The zero-order chi connectivity index (χ0) is 10.8. The average Bonchev–Trinajstić information content (AvgIpc) is 2.01. The molecule has 0 heterocycles. The molecule has 0 aromatic heterocycles. The average molecular weight is 212 g/mol. The molecule has 0 fully saturated rings. The summed E-state index contributed by atoms with van der Waals surface area (Å²) < 4.78 is 63.0. The van der Waals surface area contributed by atoms with Gasteiger partial charge < -0.3 is 4.74 Å². The van der Waals surface area contributed by atoms with E-state index in [-0.39, 0.29) is 5.56 Å². The fourth-order valence-electron chi connectivity index (χ4n) is 0.834. The van der Waals surface area contributed by atoms with Crippen LogP contribution in [0.15, 0.2) is 18.2 Å². The second-order valence-corrected chi connectivity index (χ2v) is 2.43. The molecule has 0 bridgehead atoms. The molecule has 0 aliphatic rings. The molecule has 0 saturated carbocycles. The lowest BCUT2D eigenvalue weighted by atomic mass is 10.2. The van der Waals surface area contributed by atoms with E-state index in [9.17, 15) is 22.0 Å². The molecule has 78 valence electrons. The Hall–Kier alpha value is -1.33. The fraction of sp³-hybridized carbons (Fsp3) is 0.250. The number of alkyl halides is 4. The van der Waals surface area contributed by atoms with E-state index in [0.29, 0.717) is 6.07 Å². The quantitative estimate of drug-likeness (QED) is 0.684. The highest BCUT2D eigenvalue weighted by atomic mass is 19.4. The van der Waals surface area contributed by atoms with Crippen LogP contribution in [0.3, 0.4) is 0 Å². The third-order valence-corrected chi connectivity index (χ3v) is 1.40. The van der Waals surface area contributed by atoms with Crippen LogP contribution in [0, 0.1) is 5.82 Å². The van der Waals surface area contributed by atoms with E-state index in [4.69, 9.17) is 0 Å². The molecule has 0 unspecified atom stereocenters. The molecule has 0 radical (unpaired) electrons. The Kier molecular flexibility index (Phi) is 2.93. The predicted octanol–water partition coefficient (Wildman–Crippen LogP) is 3.19. The maximum atomic E-state index is 12.7. The van der Waals surface area contributed by atoms with Crippen molar-refractivity contribution in [3.8, 4) is 5.75 Å². The molecule has 0 aliphatic heterocycles. The highest BCUT2D eigenvalue weighted by molar-refractivity contribution is 5.28. The van der Waals surface area contributed by atoms with Gasteiger partial charge in [0.25, 0.3) is 0 Å². The lowest BCUT2D eigenvalue weighted by molar-refractivity contribution is -0.274. The van der Waals surface area contributed by atoms with E-state index in [1.54, 1.807) is 0 Å². The molecule has 1 rings (SSSR count). The van der Waals surface area contributed by atoms with E-state index in [0.717, 1.165) is 12.1 Å². The van der Waals surface area contributed by atoms with Crippen molar-refractivity contribution in [2.24, 2.45) is 0 Å². The van der Waals surface area contributed by atoms with Crippen LogP contribution in [0.4, 0.5) is 22.0 Å². The van der Waals surface area contributed by atoms with Crippen LogP contribution in [0.5, 0.6) is 5.75 Å². The highest BCUT2D eigenvalue weighted by Gasteiger charge is 2.31. The lowest BCUT2D eigenvalue weighted by Gasteiger charge is -2.09. The summed E-state index contributed by atoms with van der Waals surface area (Å²) in [5, 5.41) is 0. The lowest BCUT2D eigenvalue weighted by Crippen LogP contribution is -2.17. The molecule has 0 aliphatic carbocycles. The van der Waals surface area contributed by atoms with Crippen molar-refractivity contribution in [3.63, 3.8) is 0 Å². The van der Waals surface area contributed by atoms with Crippen molar-refractivity contribution in [2.45, 2.75) is 13.0 Å². The zero-order valence-electron chi connectivity index (χ0n) is 6.74. The third-order valence-electron chi connectivity index (χ3n) is 1.40. The number of halogens is 5. The van der Waals surface area contributed by atoms with Gasteiger partial charge in [0, 0.05) is 11.6 Å². The van der Waals surface area contributed by atoms with Crippen molar-refractivity contribution < 1.29 is 26.7 Å². The Balaban J connectivity index is 2.87. The van der Waals surface area contributed by atoms with Gasteiger partial charge in [-0.05, 0) is 12.1 Å². The van der Waals surface area contributed by atoms with Gasteiger partial charge in [-0.3, -0.25) is 0 Å². The fourth-order valence-corrected chi connectivity index (χ4v) is 0.834. The monoisotopic (exact) mass is 212 g/mol. The van der Waals surface area contributed by atoms with Crippen LogP contribution in [0.25, 0.3) is 0 Å². The maximum Gasteiger partial charge on any atom is 0.573 e. The number of benzene rings is 1. The van der Waals surface area contributed by atoms with Gasteiger partial charge in [0.2, 0.25) is 0 Å². The first-order valence-corrected chi connectivity index (χ1v) is 3.52. The van der Waals surface area contributed by atoms with Crippen LogP contribution in [0.1, 0.15) is 5.56 Å². The van der Waals surface area contributed by atoms with Gasteiger partial charge in [-0.15, -0.1) is 13.2 Å². The molecule has 0 amide bonds. The summed E-state index contributed by atoms with van der Waals surface area (Å²) in [7, 11) is 0. The standard InChI is InChI=1S/C8H5F5O/c9-4-5-1-2-6(3-7(5)10)14-8(11,12)13/h1-3H,4H2. The Bertz CT molecular complexity index is 320. The summed E-state index contributed by atoms with van der Waals surface area (Å²) in [6.07, 6.45) is -4.87. The minimum absolute atomic E-state index is 0.306. The smallest absolute Gasteiger partial charge is 0.406 e. The van der Waals surface area contributed by atoms with Gasteiger partial charge in [-0.2, -0.15) is 0 Å². The number of hydrogen-bond acceptors (Lipinski definition) is 1. The van der Waals surface area contributed by atoms with E-state index >= 15 is 0 Å². The van der Waals surface area contributed by atoms with Crippen molar-refractivity contribution in [1.82, 2.24) is 0 Å². The largest absolute Gasteiger partial charge is 0.573 e. The predicted molar refractivity (Wildman–Crippen MR) is 37.9 cm³/mol. The summed E-state index contributed by atoms with van der Waals surface area (Å²) in [5.41, 5.74) is -0.306. The number of rotatable bonds is 2. The van der Waals surface area contributed by atoms with E-state index in [1.807, 2.05) is 0 Å². The SMILES string of the molecule is FCc1ccc(OC(F)(F)F)cc1F. The van der Waals surface area contributed by atoms with Crippen LogP contribution >= 0.6 is 0 Å². The van der Waals surface area contributed by atoms with Gasteiger partial charge in [0.1, 0.15) is 18.2 Å². The first kappa shape index (κ1) is 10.7. The molecule has 0 saturated heterocycles. The molecule has 0 spiro atoms. The Morgan fingerprint density at radius 1 is 1.21 bits per heavy atom. The summed E-state index contributed by atoms with van der Waals surface area (Å²) in [5.74, 6) is -1.76. The Labute approximate surface area is 76.1 Å². The second-order valence-electron chi connectivity index (χ2n) is 2.43. The number of ether oxygens (including phenoxy) is 1. The van der Waals surface area contributed by atoms with Crippen molar-refractivity contribution >= 4 is 0 Å². The Morgan fingerprint density at radius 2 is 1.86 bits per heavy atom. The van der Waals surface area contributed by atoms with Crippen molar-refractivity contribution in [2.75, 3.05) is 0 Å². The molecule has 0 N–H and O–H groups in total. The van der Waals surface area contributed by atoms with Crippen molar-refractivity contribution in [1.29, 1.82) is 0 Å². The summed E-state index contributed by atoms with van der Waals surface area (Å²) in [4.78, 5) is 0. The second kappa shape index (κ2) is 3.81. The normalized spacial score (nSPS) is 11.5. The van der Waals surface area contributed by atoms with Crippen LogP contribution < -0.4 is 4.74 Å². The molecule has 1 nitrogen and oxygen atoms in total. The first-order valence-electron chi connectivity index (χ1n) is 3.52. The first-order chi connectivity index (χ1) is 6.42. The van der Waals surface area contributed by atoms with Gasteiger partial charge in [-0.1, -0.05) is 0 Å². The molecule has 1 aromatic carbocycles. The summed E-state index contributed by atoms with van der Waals surface area (Å²) in [6, 6.07) is 2.24. The van der Waals surface area contributed by atoms with Gasteiger partial charge in [-0.25, -0.2) is 8.78 Å². The minimum atomic E-state index is -4.87. The zero-order valence-corrected chi connectivity index (χ0v) is 6.74. The maximum absolute atomic E-state index is 12.7. The van der Waals surface area contributed by atoms with Crippen molar-refractivity contribution in [3.05, 3.63) is 29.6 Å². The van der Waals surface area contributed by atoms with Gasteiger partial charge in [0.15, 0.2) is 0 Å². The van der Waals surface area contributed by atoms with E-state index < -0.39 is 24.6 Å². The van der Waals surface area contributed by atoms with Crippen LogP contribution in [0.2, 0.25) is 0 Å². The van der Waals surface area contributed by atoms with Gasteiger partial charge >= 0.3 is 6.36 Å². The Morgan fingerprint density at radius 3 is 2.29 bits per heavy atom. The molecule has 6 heteroatoms. The topological polar surface area (TPSA) is 9.23 Å².